The molecule has 0 aliphatic carbocycles. The van der Waals surface area contributed by atoms with Crippen molar-refractivity contribution in [1.29, 1.82) is 0 Å². The summed E-state index contributed by atoms with van der Waals surface area (Å²) in [5.74, 6) is 0. The van der Waals surface area contributed by atoms with Crippen molar-refractivity contribution >= 4 is 21.6 Å². The van der Waals surface area contributed by atoms with E-state index in [2.05, 4.69) is 20.9 Å². The van der Waals surface area contributed by atoms with E-state index in [0.717, 1.165) is 0 Å². The van der Waals surface area contributed by atoms with E-state index in [9.17, 15) is 10.1 Å². The van der Waals surface area contributed by atoms with Crippen LogP contribution in [-0.4, -0.2) is 14.5 Å². The lowest BCUT2D eigenvalue weighted by atomic mass is 10.2. The molecule has 1 heterocycles. The number of aromatic nitrogens is 2. The zero-order valence-electron chi connectivity index (χ0n) is 7.50. The van der Waals surface area contributed by atoms with Gasteiger partial charge in [0.25, 0.3) is 5.69 Å². The van der Waals surface area contributed by atoms with Crippen molar-refractivity contribution < 1.29 is 4.92 Å². The van der Waals surface area contributed by atoms with E-state index in [1.807, 2.05) is 0 Å². The van der Waals surface area contributed by atoms with Gasteiger partial charge in [0.1, 0.15) is 5.69 Å². The summed E-state index contributed by atoms with van der Waals surface area (Å²) in [6.45, 7) is 0. The second-order valence-electron chi connectivity index (χ2n) is 2.86. The van der Waals surface area contributed by atoms with E-state index in [-0.39, 0.29) is 5.69 Å². The maximum atomic E-state index is 10.8. The Bertz CT molecular complexity index is 496. The number of nitro groups is 1. The minimum absolute atomic E-state index is 0.0439. The Kier molecular flexibility index (Phi) is 2.51. The number of nitrogens with zero attached hydrogens (tertiary/aromatic N) is 3. The van der Waals surface area contributed by atoms with E-state index in [4.69, 9.17) is 0 Å². The van der Waals surface area contributed by atoms with Crippen molar-refractivity contribution in [2.75, 3.05) is 0 Å². The Hall–Kier alpha value is -1.69. The number of rotatable bonds is 2. The number of imidazole rings is 1. The average molecular weight is 268 g/mol. The summed E-state index contributed by atoms with van der Waals surface area (Å²) in [5.41, 5.74) is 0.545. The number of halogens is 1. The van der Waals surface area contributed by atoms with Crippen LogP contribution in [0, 0.1) is 10.1 Å². The zero-order chi connectivity index (χ0) is 10.8. The van der Waals surface area contributed by atoms with Gasteiger partial charge in [0.05, 0.1) is 11.3 Å². The summed E-state index contributed by atoms with van der Waals surface area (Å²) in [7, 11) is 0. The molecule has 1 aromatic heterocycles. The molecule has 5 nitrogen and oxygen atoms in total. The van der Waals surface area contributed by atoms with Crippen LogP contribution < -0.4 is 0 Å². The number of hydrogen-bond acceptors (Lipinski definition) is 3. The van der Waals surface area contributed by atoms with E-state index < -0.39 is 4.92 Å². The highest BCUT2D eigenvalue weighted by Gasteiger charge is 2.14. The van der Waals surface area contributed by atoms with Gasteiger partial charge in [-0.2, -0.15) is 0 Å². The maximum Gasteiger partial charge on any atom is 0.294 e. The molecule has 76 valence electrons. The van der Waals surface area contributed by atoms with Gasteiger partial charge in [0.2, 0.25) is 0 Å². The first-order valence-corrected chi connectivity index (χ1v) is 4.90. The van der Waals surface area contributed by atoms with Crippen LogP contribution in [0.25, 0.3) is 5.69 Å². The molecular weight excluding hydrogens is 262 g/mol. The molecule has 0 bridgehead atoms. The largest absolute Gasteiger partial charge is 0.300 e. The van der Waals surface area contributed by atoms with E-state index in [1.54, 1.807) is 29.1 Å². The molecule has 0 N–H and O–H groups in total. The fraction of sp³-hybridized carbons (Fsp3) is 0. The molecular formula is C9H6BrN3O2. The Morgan fingerprint density at radius 1 is 1.47 bits per heavy atom. The van der Waals surface area contributed by atoms with Gasteiger partial charge in [-0.05, 0) is 12.1 Å². The third-order valence-electron chi connectivity index (χ3n) is 1.92. The van der Waals surface area contributed by atoms with Gasteiger partial charge in [-0.3, -0.25) is 10.1 Å². The van der Waals surface area contributed by atoms with Crippen molar-refractivity contribution in [3.05, 3.63) is 51.5 Å². The molecule has 0 amide bonds. The first-order chi connectivity index (χ1) is 7.18. The fourth-order valence-electron chi connectivity index (χ4n) is 1.26. The number of benzene rings is 1. The van der Waals surface area contributed by atoms with Crippen LogP contribution in [0.15, 0.2) is 41.4 Å². The van der Waals surface area contributed by atoms with E-state index in [1.165, 1.54) is 12.4 Å². The van der Waals surface area contributed by atoms with Crippen LogP contribution in [0.3, 0.4) is 0 Å². The van der Waals surface area contributed by atoms with Gasteiger partial charge in [0.15, 0.2) is 0 Å². The predicted molar refractivity (Wildman–Crippen MR) is 57.9 cm³/mol. The number of hydrogen-bond donors (Lipinski definition) is 0. The fourth-order valence-corrected chi connectivity index (χ4v) is 1.61. The minimum atomic E-state index is -0.417. The second-order valence-corrected chi connectivity index (χ2v) is 3.78. The minimum Gasteiger partial charge on any atom is -0.300 e. The van der Waals surface area contributed by atoms with Crippen molar-refractivity contribution in [3.8, 4) is 5.69 Å². The molecule has 0 unspecified atom stereocenters. The summed E-state index contributed by atoms with van der Waals surface area (Å²) in [4.78, 5) is 14.3. The van der Waals surface area contributed by atoms with Gasteiger partial charge in [-0.15, -0.1) is 0 Å². The van der Waals surface area contributed by atoms with Crippen molar-refractivity contribution in [2.24, 2.45) is 0 Å². The van der Waals surface area contributed by atoms with E-state index in [0.29, 0.717) is 10.2 Å². The summed E-state index contributed by atoms with van der Waals surface area (Å²) < 4.78 is 2.28. The second kappa shape index (κ2) is 3.82. The smallest absolute Gasteiger partial charge is 0.294 e. The van der Waals surface area contributed by atoms with E-state index >= 15 is 0 Å². The molecule has 6 heteroatoms. The highest BCUT2D eigenvalue weighted by atomic mass is 79.9. The van der Waals surface area contributed by atoms with Crippen LogP contribution in [0.4, 0.5) is 5.69 Å². The normalized spacial score (nSPS) is 10.2. The molecule has 0 spiro atoms. The lowest BCUT2D eigenvalue weighted by Crippen LogP contribution is -1.97. The first kappa shape index (κ1) is 9.85. The summed E-state index contributed by atoms with van der Waals surface area (Å²) >= 11 is 3.20. The van der Waals surface area contributed by atoms with Crippen LogP contribution in [0.2, 0.25) is 0 Å². The average Bonchev–Trinajstić information content (AvgIpc) is 2.70. The van der Waals surface area contributed by atoms with Gasteiger partial charge in [-0.1, -0.05) is 15.9 Å². The van der Waals surface area contributed by atoms with Crippen molar-refractivity contribution in [3.63, 3.8) is 0 Å². The molecule has 0 radical (unpaired) electrons. The Morgan fingerprint density at radius 2 is 2.27 bits per heavy atom. The van der Waals surface area contributed by atoms with Crippen LogP contribution in [-0.2, 0) is 0 Å². The maximum absolute atomic E-state index is 10.8. The molecule has 2 rings (SSSR count). The molecule has 0 fully saturated rings. The Balaban J connectivity index is 2.61. The highest BCUT2D eigenvalue weighted by Crippen LogP contribution is 2.26. The topological polar surface area (TPSA) is 61.0 Å². The third kappa shape index (κ3) is 1.89. The van der Waals surface area contributed by atoms with Crippen LogP contribution in [0.5, 0.6) is 0 Å². The Labute approximate surface area is 93.6 Å². The molecule has 0 saturated heterocycles. The third-order valence-corrected chi connectivity index (χ3v) is 2.41. The number of nitro benzene ring substituents is 1. The van der Waals surface area contributed by atoms with Gasteiger partial charge >= 0.3 is 0 Å². The molecule has 1 aromatic carbocycles. The first-order valence-electron chi connectivity index (χ1n) is 4.11. The summed E-state index contributed by atoms with van der Waals surface area (Å²) in [6, 6.07) is 4.89. The lowest BCUT2D eigenvalue weighted by molar-refractivity contribution is -0.384. The monoisotopic (exact) mass is 267 g/mol. The standard InChI is InChI=1S/C9H6BrN3O2/c10-7-1-2-8(9(5-7)13(14)15)12-4-3-11-6-12/h1-6H. The lowest BCUT2D eigenvalue weighted by Gasteiger charge is -2.03. The van der Waals surface area contributed by atoms with Crippen molar-refractivity contribution in [1.82, 2.24) is 9.55 Å². The summed E-state index contributed by atoms with van der Waals surface area (Å²) in [5, 5.41) is 10.8. The predicted octanol–water partition coefficient (Wildman–Crippen LogP) is 2.54. The molecule has 15 heavy (non-hydrogen) atoms. The molecule has 0 aliphatic heterocycles. The van der Waals surface area contributed by atoms with Crippen LogP contribution in [0.1, 0.15) is 0 Å². The molecule has 0 saturated carbocycles. The SMILES string of the molecule is O=[N+]([O-])c1cc(Br)ccc1-n1ccnc1. The van der Waals surface area contributed by atoms with Gasteiger partial charge in [-0.25, -0.2) is 4.98 Å². The molecule has 0 aliphatic rings. The van der Waals surface area contributed by atoms with Gasteiger partial charge < -0.3 is 4.57 Å². The summed E-state index contributed by atoms with van der Waals surface area (Å²) in [6.07, 6.45) is 4.76. The highest BCUT2D eigenvalue weighted by molar-refractivity contribution is 9.10. The molecule has 2 aromatic rings. The molecule has 0 atom stereocenters. The van der Waals surface area contributed by atoms with Gasteiger partial charge in [0, 0.05) is 22.9 Å². The quantitative estimate of drug-likeness (QED) is 0.621. The Morgan fingerprint density at radius 3 is 2.87 bits per heavy atom. The van der Waals surface area contributed by atoms with Crippen molar-refractivity contribution in [2.45, 2.75) is 0 Å². The zero-order valence-corrected chi connectivity index (χ0v) is 9.09. The van der Waals surface area contributed by atoms with Crippen LogP contribution >= 0.6 is 15.9 Å².